The lowest BCUT2D eigenvalue weighted by Gasteiger charge is -2.41. The Balaban J connectivity index is 1.87. The molecule has 1 aliphatic rings. The third-order valence-electron chi connectivity index (χ3n) is 6.33. The van der Waals surface area contributed by atoms with Crippen LogP contribution < -0.4 is 0 Å². The molecule has 0 bridgehead atoms. The van der Waals surface area contributed by atoms with Gasteiger partial charge < -0.3 is 0 Å². The molecule has 0 aliphatic heterocycles. The van der Waals surface area contributed by atoms with Crippen LogP contribution in [0.4, 0.5) is 35.1 Å². The maximum atomic E-state index is 14.8. The zero-order valence-electron chi connectivity index (χ0n) is 18.5. The molecule has 0 radical (unpaired) electrons. The van der Waals surface area contributed by atoms with Gasteiger partial charge in [0.05, 0.1) is 20.8 Å². The van der Waals surface area contributed by atoms with Crippen LogP contribution in [0.15, 0.2) is 48.7 Å². The summed E-state index contributed by atoms with van der Waals surface area (Å²) in [5.74, 6) is -23.6. The second-order valence-corrected chi connectivity index (χ2v) is 10.7. The van der Waals surface area contributed by atoms with E-state index in [1.165, 1.54) is 0 Å². The van der Waals surface area contributed by atoms with E-state index in [9.17, 15) is 35.1 Å². The number of rotatable bonds is 1. The van der Waals surface area contributed by atoms with Crippen LogP contribution in [0.2, 0.25) is 0 Å². The third kappa shape index (κ3) is 2.95. The molecule has 5 rings (SSSR count). The third-order valence-corrected chi connectivity index (χ3v) is 7.61. The Morgan fingerprint density at radius 1 is 0.771 bits per heavy atom. The predicted octanol–water partition coefficient (Wildman–Crippen LogP) is 8.88. The number of alkyl halides is 8. The maximum absolute atomic E-state index is 14.8. The van der Waals surface area contributed by atoms with Crippen molar-refractivity contribution < 1.29 is 35.1 Å². The molecule has 0 saturated heterocycles. The van der Waals surface area contributed by atoms with Crippen molar-refractivity contribution in [2.45, 2.75) is 49.9 Å². The molecular formula is C25H17F8NS. The van der Waals surface area contributed by atoms with Gasteiger partial charge in [0.25, 0.3) is 0 Å². The van der Waals surface area contributed by atoms with Gasteiger partial charge in [0.1, 0.15) is 0 Å². The molecule has 0 atom stereocenters. The first-order valence-corrected chi connectivity index (χ1v) is 11.3. The molecule has 184 valence electrons. The first-order valence-electron chi connectivity index (χ1n) is 10.5. The number of thiophene rings is 1. The molecule has 35 heavy (non-hydrogen) atoms. The highest BCUT2D eigenvalue weighted by atomic mass is 32.1. The monoisotopic (exact) mass is 515 g/mol. The number of hydrogen-bond donors (Lipinski definition) is 0. The molecule has 2 heterocycles. The maximum Gasteiger partial charge on any atom is 0.383 e. The van der Waals surface area contributed by atoms with Crippen LogP contribution >= 0.6 is 11.3 Å². The van der Waals surface area contributed by atoms with E-state index in [1.807, 2.05) is 32.9 Å². The first kappa shape index (κ1) is 24.0. The quantitative estimate of drug-likeness (QED) is 0.231. The van der Waals surface area contributed by atoms with Gasteiger partial charge in [-0.05, 0) is 39.9 Å². The van der Waals surface area contributed by atoms with E-state index < -0.39 is 39.5 Å². The summed E-state index contributed by atoms with van der Waals surface area (Å²) >= 11 is -0.0536. The van der Waals surface area contributed by atoms with E-state index >= 15 is 0 Å². The molecule has 0 fully saturated rings. The number of aromatic nitrogens is 1. The smallest absolute Gasteiger partial charge is 0.255 e. The summed E-state index contributed by atoms with van der Waals surface area (Å²) in [7, 11) is 0. The molecule has 0 unspecified atom stereocenters. The van der Waals surface area contributed by atoms with E-state index in [0.717, 1.165) is 28.6 Å². The van der Waals surface area contributed by atoms with Crippen molar-refractivity contribution in [1.29, 1.82) is 0 Å². The van der Waals surface area contributed by atoms with Crippen LogP contribution in [-0.2, 0) is 17.3 Å². The summed E-state index contributed by atoms with van der Waals surface area (Å²) < 4.78 is 115. The Kier molecular flexibility index (Phi) is 4.74. The van der Waals surface area contributed by atoms with Crippen LogP contribution in [0.5, 0.6) is 0 Å². The highest BCUT2D eigenvalue weighted by Gasteiger charge is 2.86. The lowest BCUT2D eigenvalue weighted by molar-refractivity contribution is -0.385. The first-order chi connectivity index (χ1) is 16.0. The van der Waals surface area contributed by atoms with Gasteiger partial charge in [-0.15, -0.1) is 11.3 Å². The molecule has 0 spiro atoms. The van der Waals surface area contributed by atoms with Gasteiger partial charge in [0.2, 0.25) is 0 Å². The Hall–Kier alpha value is -2.75. The zero-order valence-corrected chi connectivity index (χ0v) is 19.3. The van der Waals surface area contributed by atoms with Gasteiger partial charge in [-0.3, -0.25) is 4.98 Å². The second-order valence-electron chi connectivity index (χ2n) is 9.63. The lowest BCUT2D eigenvalue weighted by atomic mass is 9.82. The fourth-order valence-corrected chi connectivity index (χ4v) is 5.87. The highest BCUT2D eigenvalue weighted by molar-refractivity contribution is 7.20. The van der Waals surface area contributed by atoms with Crippen molar-refractivity contribution in [2.24, 2.45) is 0 Å². The van der Waals surface area contributed by atoms with Gasteiger partial charge in [0.15, 0.2) is 0 Å². The molecule has 10 heteroatoms. The summed E-state index contributed by atoms with van der Waals surface area (Å²) in [6, 6.07) is 11.6. The number of halogens is 8. The summed E-state index contributed by atoms with van der Waals surface area (Å²) in [6.07, 6.45) is 1.02. The highest BCUT2D eigenvalue weighted by Crippen LogP contribution is 2.67. The SMILES string of the molecule is CC(C)(C)c1cc(-c2nccc3c4c(sc23)C(F)(F)C(F)(F)C(F)(F)C4(F)F)cc2ccccc12. The minimum atomic E-state index is -6.30. The Morgan fingerprint density at radius 2 is 1.40 bits per heavy atom. The molecule has 1 aliphatic carbocycles. The van der Waals surface area contributed by atoms with Gasteiger partial charge >= 0.3 is 23.7 Å². The Bertz CT molecular complexity index is 1500. The largest absolute Gasteiger partial charge is 0.383 e. The second kappa shape index (κ2) is 6.93. The summed E-state index contributed by atoms with van der Waals surface area (Å²) in [6.45, 7) is 5.84. The number of nitrogens with zero attached hydrogens (tertiary/aromatic N) is 1. The topological polar surface area (TPSA) is 12.9 Å². The zero-order chi connectivity index (χ0) is 25.8. The lowest BCUT2D eigenvalue weighted by Crippen LogP contribution is -2.63. The van der Waals surface area contributed by atoms with Gasteiger partial charge in [-0.2, -0.15) is 35.1 Å². The van der Waals surface area contributed by atoms with Crippen molar-refractivity contribution in [3.8, 4) is 11.3 Å². The Labute approximate surface area is 198 Å². The predicted molar refractivity (Wildman–Crippen MR) is 119 cm³/mol. The molecule has 0 N–H and O–H groups in total. The van der Waals surface area contributed by atoms with Crippen LogP contribution in [0, 0.1) is 0 Å². The molecule has 0 saturated carbocycles. The summed E-state index contributed by atoms with van der Waals surface area (Å²) in [4.78, 5) is 2.39. The fraction of sp³-hybridized carbons (Fsp3) is 0.320. The number of pyridine rings is 1. The molecule has 4 aromatic rings. The van der Waals surface area contributed by atoms with Gasteiger partial charge in [-0.1, -0.05) is 45.0 Å². The van der Waals surface area contributed by atoms with Crippen molar-refractivity contribution >= 4 is 32.2 Å². The van der Waals surface area contributed by atoms with Gasteiger partial charge in [0, 0.05) is 17.1 Å². The van der Waals surface area contributed by atoms with E-state index in [-0.39, 0.29) is 27.1 Å². The fourth-order valence-electron chi connectivity index (χ4n) is 4.52. The summed E-state index contributed by atoms with van der Waals surface area (Å²) in [5, 5.41) is 1.00. The minimum Gasteiger partial charge on any atom is -0.255 e. The molecule has 0 amide bonds. The number of fused-ring (bicyclic) bond motifs is 4. The Morgan fingerprint density at radius 3 is 2.06 bits per heavy atom. The molecule has 1 nitrogen and oxygen atoms in total. The number of benzene rings is 2. The van der Waals surface area contributed by atoms with Crippen LogP contribution in [0.3, 0.4) is 0 Å². The molecular weight excluding hydrogens is 498 g/mol. The van der Waals surface area contributed by atoms with Crippen LogP contribution in [0.25, 0.3) is 32.1 Å². The molecule has 2 aromatic heterocycles. The van der Waals surface area contributed by atoms with Crippen LogP contribution in [-0.4, -0.2) is 16.8 Å². The van der Waals surface area contributed by atoms with Crippen LogP contribution in [0.1, 0.15) is 36.8 Å². The van der Waals surface area contributed by atoms with Gasteiger partial charge in [-0.25, -0.2) is 0 Å². The van der Waals surface area contributed by atoms with Crippen molar-refractivity contribution in [2.75, 3.05) is 0 Å². The van der Waals surface area contributed by atoms with Crippen molar-refractivity contribution in [1.82, 2.24) is 4.98 Å². The normalized spacial score (nSPS) is 20.2. The average molecular weight is 515 g/mol. The van der Waals surface area contributed by atoms with E-state index in [2.05, 4.69) is 4.98 Å². The van der Waals surface area contributed by atoms with E-state index in [4.69, 9.17) is 0 Å². The summed E-state index contributed by atoms with van der Waals surface area (Å²) in [5.41, 5.74) is -0.986. The van der Waals surface area contributed by atoms with E-state index in [0.29, 0.717) is 5.56 Å². The average Bonchev–Trinajstić information content (AvgIpc) is 3.18. The van der Waals surface area contributed by atoms with Crippen molar-refractivity contribution in [3.63, 3.8) is 0 Å². The van der Waals surface area contributed by atoms with Crippen molar-refractivity contribution in [3.05, 3.63) is 64.7 Å². The van der Waals surface area contributed by atoms with E-state index in [1.54, 1.807) is 24.3 Å². The number of hydrogen-bond acceptors (Lipinski definition) is 2. The minimum absolute atomic E-state index is 0.0311. The standard InChI is InChI=1S/C25H17F8NS/c1-21(2,3)16-11-13(10-12-6-4-5-7-14(12)16)18-19-15(8-9-34-18)17-20(35-19)23(28,29)25(32,33)24(30,31)22(17,26)27/h4-11H,1-3H3. The molecule has 2 aromatic carbocycles.